The number of amides is 1. The molecule has 0 aliphatic heterocycles. The molecule has 0 fully saturated rings. The summed E-state index contributed by atoms with van der Waals surface area (Å²) >= 11 is 3.02. The van der Waals surface area contributed by atoms with Gasteiger partial charge in [-0.15, -0.1) is 22.7 Å². The van der Waals surface area contributed by atoms with E-state index in [2.05, 4.69) is 25.2 Å². The van der Waals surface area contributed by atoms with E-state index in [0.717, 1.165) is 24.3 Å². The lowest BCUT2D eigenvalue weighted by atomic mass is 10.2. The molecule has 2 aromatic heterocycles. The number of hydrogen-bond donors (Lipinski definition) is 2. The van der Waals surface area contributed by atoms with Crippen LogP contribution in [0.25, 0.3) is 0 Å². The zero-order valence-electron chi connectivity index (χ0n) is 19.5. The smallest absolute Gasteiger partial charge is 0.412 e. The monoisotopic (exact) mass is 467 g/mol. The van der Waals surface area contributed by atoms with E-state index in [-0.39, 0.29) is 6.09 Å². The molecule has 0 bridgehead atoms. The summed E-state index contributed by atoms with van der Waals surface area (Å²) in [6, 6.07) is 7.63. The third-order valence-corrected chi connectivity index (χ3v) is 6.41. The van der Waals surface area contributed by atoms with Crippen LogP contribution in [0.3, 0.4) is 0 Å². The van der Waals surface area contributed by atoms with E-state index < -0.39 is 11.6 Å². The van der Waals surface area contributed by atoms with E-state index in [1.807, 2.05) is 32.9 Å². The molecule has 7 heteroatoms. The first kappa shape index (κ1) is 27.2. The molecule has 0 aromatic carbocycles. The molecule has 0 spiro atoms. The van der Waals surface area contributed by atoms with Crippen LogP contribution in [-0.4, -0.2) is 22.8 Å². The number of anilines is 1. The Bertz CT molecular complexity index is 790. The molecule has 2 heterocycles. The average Bonchev–Trinajstić information content (AvgIpc) is 3.31. The Balaban J connectivity index is 0.000000327. The van der Waals surface area contributed by atoms with Crippen LogP contribution in [0.2, 0.25) is 0 Å². The molecule has 2 N–H and O–H groups in total. The molecule has 174 valence electrons. The highest BCUT2D eigenvalue weighted by Crippen LogP contribution is 2.24. The number of carbonyl (C=O) groups is 2. The molecule has 0 saturated carbocycles. The number of carboxylic acids is 1. The Morgan fingerprint density at radius 2 is 1.45 bits per heavy atom. The molecule has 0 atom stereocenters. The van der Waals surface area contributed by atoms with Crippen molar-refractivity contribution in [1.82, 2.24) is 0 Å². The molecule has 0 aliphatic rings. The van der Waals surface area contributed by atoms with E-state index in [1.54, 1.807) is 17.4 Å². The summed E-state index contributed by atoms with van der Waals surface area (Å²) in [5, 5.41) is 12.3. The molecule has 0 unspecified atom stereocenters. The number of rotatable bonds is 10. The van der Waals surface area contributed by atoms with Crippen molar-refractivity contribution in [3.05, 3.63) is 38.9 Å². The highest BCUT2D eigenvalue weighted by atomic mass is 32.1. The Morgan fingerprint density at radius 3 is 1.94 bits per heavy atom. The van der Waals surface area contributed by atoms with Gasteiger partial charge in [0.05, 0.1) is 5.00 Å². The first-order valence-electron chi connectivity index (χ1n) is 11.0. The second-order valence-electron chi connectivity index (χ2n) is 8.38. The number of carboxylic acid groups (broad SMARTS) is 1. The zero-order chi connectivity index (χ0) is 23.3. The molecule has 1 amide bonds. The number of nitrogens with one attached hydrogen (secondary N) is 1. The standard InChI is InChI=1S/C14H23NO2S.C10H14O2S/c1-5-6-7-8-11-9-10-12(18-11)15-13(16)17-14(2,3)4;1-2-3-4-5-8-6-7-9(13-8)10(11)12/h9-10H,5-8H2,1-4H3,(H,15,16);6-7H,2-5H2,1H3,(H,11,12). The van der Waals surface area contributed by atoms with Crippen LogP contribution in [0.5, 0.6) is 0 Å². The van der Waals surface area contributed by atoms with Crippen molar-refractivity contribution in [1.29, 1.82) is 0 Å². The van der Waals surface area contributed by atoms with Gasteiger partial charge in [0.2, 0.25) is 0 Å². The number of carbonyl (C=O) groups excluding carboxylic acids is 1. The molecular formula is C24H37NO4S2. The highest BCUT2D eigenvalue weighted by Gasteiger charge is 2.16. The van der Waals surface area contributed by atoms with Gasteiger partial charge < -0.3 is 9.84 Å². The molecule has 5 nitrogen and oxygen atoms in total. The maximum atomic E-state index is 11.6. The van der Waals surface area contributed by atoms with Gasteiger partial charge in [-0.2, -0.15) is 0 Å². The summed E-state index contributed by atoms with van der Waals surface area (Å²) in [4.78, 5) is 25.1. The first-order valence-corrected chi connectivity index (χ1v) is 12.7. The fourth-order valence-electron chi connectivity index (χ4n) is 2.71. The van der Waals surface area contributed by atoms with E-state index in [9.17, 15) is 9.59 Å². The van der Waals surface area contributed by atoms with Crippen molar-refractivity contribution < 1.29 is 19.4 Å². The molecular weight excluding hydrogens is 430 g/mol. The van der Waals surface area contributed by atoms with Crippen molar-refractivity contribution in [3.63, 3.8) is 0 Å². The maximum Gasteiger partial charge on any atom is 0.412 e. The fraction of sp³-hybridized carbons (Fsp3) is 0.583. The van der Waals surface area contributed by atoms with Crippen LogP contribution in [0.4, 0.5) is 9.80 Å². The number of ether oxygens (including phenoxy) is 1. The SMILES string of the molecule is CCCCCc1ccc(C(=O)O)s1.CCCCCc1ccc(NC(=O)OC(C)(C)C)s1. The predicted octanol–water partition coefficient (Wildman–Crippen LogP) is 8.01. The average molecular weight is 468 g/mol. The third kappa shape index (κ3) is 12.6. The van der Waals surface area contributed by atoms with E-state index in [1.165, 1.54) is 53.2 Å². The van der Waals surface area contributed by atoms with E-state index >= 15 is 0 Å². The molecule has 2 aromatic rings. The summed E-state index contributed by atoms with van der Waals surface area (Å²) in [7, 11) is 0. The normalized spacial score (nSPS) is 10.9. The van der Waals surface area contributed by atoms with Gasteiger partial charge in [0.1, 0.15) is 10.5 Å². The Hall–Kier alpha value is -1.86. The lowest BCUT2D eigenvalue weighted by Gasteiger charge is -2.19. The number of unbranched alkanes of at least 4 members (excludes halogenated alkanes) is 4. The Morgan fingerprint density at radius 1 is 0.903 bits per heavy atom. The number of thiophene rings is 2. The van der Waals surface area contributed by atoms with Crippen LogP contribution in [0.1, 0.15) is 92.6 Å². The maximum absolute atomic E-state index is 11.6. The van der Waals surface area contributed by atoms with Crippen molar-refractivity contribution in [2.45, 2.75) is 91.6 Å². The van der Waals surface area contributed by atoms with Gasteiger partial charge in [-0.3, -0.25) is 5.32 Å². The Kier molecular flexibility index (Phi) is 12.5. The second-order valence-corrected chi connectivity index (χ2v) is 10.7. The summed E-state index contributed by atoms with van der Waals surface area (Å²) in [5.41, 5.74) is -0.453. The fourth-order valence-corrected chi connectivity index (χ4v) is 4.53. The first-order chi connectivity index (χ1) is 14.6. The van der Waals surface area contributed by atoms with Crippen LogP contribution in [0.15, 0.2) is 24.3 Å². The molecule has 0 aliphatic carbocycles. The van der Waals surface area contributed by atoms with Gasteiger partial charge in [0.15, 0.2) is 0 Å². The zero-order valence-corrected chi connectivity index (χ0v) is 21.1. The minimum atomic E-state index is -0.813. The quantitative estimate of drug-likeness (QED) is 0.347. The topological polar surface area (TPSA) is 75.6 Å². The molecule has 2 rings (SSSR count). The number of hydrogen-bond acceptors (Lipinski definition) is 5. The van der Waals surface area contributed by atoms with Gasteiger partial charge in [-0.25, -0.2) is 9.59 Å². The second kappa shape index (κ2) is 14.2. The minimum absolute atomic E-state index is 0.385. The Labute approximate surface area is 194 Å². The van der Waals surface area contributed by atoms with Crippen molar-refractivity contribution in [3.8, 4) is 0 Å². The minimum Gasteiger partial charge on any atom is -0.477 e. The van der Waals surface area contributed by atoms with Gasteiger partial charge in [0, 0.05) is 9.75 Å². The van der Waals surface area contributed by atoms with Crippen LogP contribution >= 0.6 is 22.7 Å². The van der Waals surface area contributed by atoms with Crippen LogP contribution in [-0.2, 0) is 17.6 Å². The molecule has 31 heavy (non-hydrogen) atoms. The van der Waals surface area contributed by atoms with Gasteiger partial charge in [-0.1, -0.05) is 39.5 Å². The van der Waals surface area contributed by atoms with Crippen molar-refractivity contribution in [2.24, 2.45) is 0 Å². The largest absolute Gasteiger partial charge is 0.477 e. The van der Waals surface area contributed by atoms with E-state index in [0.29, 0.717) is 4.88 Å². The third-order valence-electron chi connectivity index (χ3n) is 4.21. The predicted molar refractivity (Wildman–Crippen MR) is 132 cm³/mol. The van der Waals surface area contributed by atoms with Gasteiger partial charge in [-0.05, 0) is 70.7 Å². The molecule has 0 radical (unpaired) electrons. The summed E-state index contributed by atoms with van der Waals surface area (Å²) < 4.78 is 5.21. The number of aryl methyl sites for hydroxylation is 2. The van der Waals surface area contributed by atoms with Gasteiger partial charge >= 0.3 is 12.1 Å². The lowest BCUT2D eigenvalue weighted by Crippen LogP contribution is -2.26. The van der Waals surface area contributed by atoms with E-state index in [4.69, 9.17) is 9.84 Å². The number of aromatic carboxylic acids is 1. The molecule has 0 saturated heterocycles. The summed E-state index contributed by atoms with van der Waals surface area (Å²) in [6.45, 7) is 9.94. The van der Waals surface area contributed by atoms with Crippen LogP contribution < -0.4 is 5.32 Å². The summed E-state index contributed by atoms with van der Waals surface area (Å²) in [6.07, 6.45) is 9.02. The van der Waals surface area contributed by atoms with Crippen LogP contribution in [0, 0.1) is 0 Å². The highest BCUT2D eigenvalue weighted by molar-refractivity contribution is 7.16. The van der Waals surface area contributed by atoms with Gasteiger partial charge in [0.25, 0.3) is 0 Å². The lowest BCUT2D eigenvalue weighted by molar-refractivity contribution is 0.0634. The summed E-state index contributed by atoms with van der Waals surface area (Å²) in [5.74, 6) is -0.813. The van der Waals surface area contributed by atoms with Crippen molar-refractivity contribution in [2.75, 3.05) is 5.32 Å². The van der Waals surface area contributed by atoms with Crippen molar-refractivity contribution >= 4 is 39.7 Å².